The van der Waals surface area contributed by atoms with Gasteiger partial charge in [0.1, 0.15) is 6.04 Å². The first-order valence-corrected chi connectivity index (χ1v) is 7.33. The maximum atomic E-state index is 11.8. The molecule has 102 valence electrons. The molecule has 1 unspecified atom stereocenters. The van der Waals surface area contributed by atoms with Crippen molar-refractivity contribution in [2.24, 2.45) is 5.92 Å². The molecule has 0 heterocycles. The van der Waals surface area contributed by atoms with Gasteiger partial charge in [-0.1, -0.05) is 13.8 Å². The molecular formula is C11H23NO4S. The van der Waals surface area contributed by atoms with E-state index in [9.17, 15) is 13.2 Å². The first-order valence-electron chi connectivity index (χ1n) is 5.67. The van der Waals surface area contributed by atoms with E-state index in [0.717, 1.165) is 0 Å². The van der Waals surface area contributed by atoms with Crippen LogP contribution < -0.4 is 5.32 Å². The summed E-state index contributed by atoms with van der Waals surface area (Å²) in [4.78, 5) is 10.9. The molecule has 0 aliphatic rings. The second-order valence-corrected chi connectivity index (χ2v) is 8.31. The highest BCUT2D eigenvalue weighted by atomic mass is 32.2. The molecule has 0 aliphatic carbocycles. The zero-order valence-electron chi connectivity index (χ0n) is 11.1. The summed E-state index contributed by atoms with van der Waals surface area (Å²) in [5, 5.41) is 11.7. The first kappa shape index (κ1) is 16.4. The minimum Gasteiger partial charge on any atom is -0.480 e. The van der Waals surface area contributed by atoms with Crippen LogP contribution in [0, 0.1) is 5.92 Å². The van der Waals surface area contributed by atoms with Crippen LogP contribution >= 0.6 is 0 Å². The smallest absolute Gasteiger partial charge is 0.320 e. The molecule has 0 amide bonds. The molecule has 0 bridgehead atoms. The summed E-state index contributed by atoms with van der Waals surface area (Å²) < 4.78 is 22.8. The Morgan fingerprint density at radius 2 is 1.76 bits per heavy atom. The molecule has 0 saturated heterocycles. The molecule has 0 aromatic carbocycles. The van der Waals surface area contributed by atoms with Crippen LogP contribution in [0.4, 0.5) is 0 Å². The number of hydrogen-bond donors (Lipinski definition) is 2. The average Bonchev–Trinajstić information content (AvgIpc) is 2.08. The summed E-state index contributed by atoms with van der Waals surface area (Å²) in [6.07, 6.45) is 0. The maximum absolute atomic E-state index is 11.8. The van der Waals surface area contributed by atoms with Gasteiger partial charge in [0.05, 0.1) is 10.5 Å². The first-order chi connectivity index (χ1) is 7.49. The van der Waals surface area contributed by atoms with Crippen LogP contribution in [0.3, 0.4) is 0 Å². The summed E-state index contributed by atoms with van der Waals surface area (Å²) in [6, 6.07) is -0.704. The van der Waals surface area contributed by atoms with E-state index in [1.54, 1.807) is 34.6 Å². The second kappa shape index (κ2) is 5.82. The van der Waals surface area contributed by atoms with E-state index in [4.69, 9.17) is 5.11 Å². The number of carboxylic acid groups (broad SMARTS) is 1. The fourth-order valence-corrected chi connectivity index (χ4v) is 2.26. The SMILES string of the molecule is CC(C)C(NCCS(=O)(=O)C(C)(C)C)C(=O)O. The number of carboxylic acids is 1. The predicted octanol–water partition coefficient (Wildman–Crippen LogP) is 0.898. The standard InChI is InChI=1S/C11H23NO4S/c1-8(2)9(10(13)14)12-6-7-17(15,16)11(3,4)5/h8-9,12H,6-7H2,1-5H3,(H,13,14). The van der Waals surface area contributed by atoms with Crippen molar-refractivity contribution >= 4 is 15.8 Å². The average molecular weight is 265 g/mol. The lowest BCUT2D eigenvalue weighted by Gasteiger charge is -2.21. The summed E-state index contributed by atoms with van der Waals surface area (Å²) in [5.74, 6) is -1.08. The number of carbonyl (C=O) groups is 1. The van der Waals surface area contributed by atoms with Crippen LogP contribution in [0.5, 0.6) is 0 Å². The van der Waals surface area contributed by atoms with Crippen molar-refractivity contribution < 1.29 is 18.3 Å². The van der Waals surface area contributed by atoms with Crippen LogP contribution in [0.2, 0.25) is 0 Å². The van der Waals surface area contributed by atoms with Crippen molar-refractivity contribution in [3.63, 3.8) is 0 Å². The molecular weight excluding hydrogens is 242 g/mol. The monoisotopic (exact) mass is 265 g/mol. The van der Waals surface area contributed by atoms with Crippen LogP contribution in [0.25, 0.3) is 0 Å². The molecule has 2 N–H and O–H groups in total. The van der Waals surface area contributed by atoms with Crippen LogP contribution in [-0.4, -0.2) is 42.6 Å². The Hall–Kier alpha value is -0.620. The molecule has 0 aliphatic heterocycles. The molecule has 1 atom stereocenters. The number of hydrogen-bond acceptors (Lipinski definition) is 4. The number of sulfone groups is 1. The Morgan fingerprint density at radius 3 is 2.06 bits per heavy atom. The minimum absolute atomic E-state index is 0.0486. The Kier molecular flexibility index (Phi) is 5.61. The van der Waals surface area contributed by atoms with Gasteiger partial charge in [-0.25, -0.2) is 8.42 Å². The highest BCUT2D eigenvalue weighted by Crippen LogP contribution is 2.15. The van der Waals surface area contributed by atoms with E-state index in [2.05, 4.69) is 5.32 Å². The van der Waals surface area contributed by atoms with Crippen molar-refractivity contribution in [2.75, 3.05) is 12.3 Å². The Labute approximate surface area is 104 Å². The highest BCUT2D eigenvalue weighted by Gasteiger charge is 2.29. The minimum atomic E-state index is -3.20. The molecule has 0 spiro atoms. The zero-order valence-corrected chi connectivity index (χ0v) is 12.0. The lowest BCUT2D eigenvalue weighted by Crippen LogP contribution is -2.44. The van der Waals surface area contributed by atoms with Gasteiger partial charge in [-0.3, -0.25) is 4.79 Å². The lowest BCUT2D eigenvalue weighted by atomic mass is 10.1. The van der Waals surface area contributed by atoms with Gasteiger partial charge >= 0.3 is 5.97 Å². The van der Waals surface area contributed by atoms with Crippen molar-refractivity contribution in [3.8, 4) is 0 Å². The molecule has 0 radical (unpaired) electrons. The van der Waals surface area contributed by atoms with Gasteiger partial charge in [0.15, 0.2) is 9.84 Å². The van der Waals surface area contributed by atoms with E-state index in [1.807, 2.05) is 0 Å². The van der Waals surface area contributed by atoms with E-state index in [0.29, 0.717) is 0 Å². The van der Waals surface area contributed by atoms with Gasteiger partial charge in [0.2, 0.25) is 0 Å². The van der Waals surface area contributed by atoms with Gasteiger partial charge in [0.25, 0.3) is 0 Å². The predicted molar refractivity (Wildman–Crippen MR) is 67.8 cm³/mol. The maximum Gasteiger partial charge on any atom is 0.320 e. The summed E-state index contributed by atoms with van der Waals surface area (Å²) in [5.41, 5.74) is 0. The van der Waals surface area contributed by atoms with Gasteiger partial charge in [-0.05, 0) is 26.7 Å². The lowest BCUT2D eigenvalue weighted by molar-refractivity contribution is -0.140. The fraction of sp³-hybridized carbons (Fsp3) is 0.909. The van der Waals surface area contributed by atoms with E-state index < -0.39 is 26.6 Å². The Balaban J connectivity index is 4.38. The van der Waals surface area contributed by atoms with E-state index in [-0.39, 0.29) is 18.2 Å². The molecule has 0 aromatic heterocycles. The molecule has 6 heteroatoms. The second-order valence-electron chi connectivity index (χ2n) is 5.45. The quantitative estimate of drug-likeness (QED) is 0.745. The van der Waals surface area contributed by atoms with Gasteiger partial charge < -0.3 is 10.4 Å². The Bertz CT molecular complexity index is 354. The normalized spacial score (nSPS) is 14.9. The van der Waals surface area contributed by atoms with Crippen molar-refractivity contribution in [1.82, 2.24) is 5.32 Å². The zero-order chi connectivity index (χ0) is 13.9. The Morgan fingerprint density at radius 1 is 1.29 bits per heavy atom. The van der Waals surface area contributed by atoms with E-state index in [1.165, 1.54) is 0 Å². The molecule has 0 aromatic rings. The van der Waals surface area contributed by atoms with Crippen molar-refractivity contribution in [3.05, 3.63) is 0 Å². The third kappa shape index (κ3) is 5.04. The molecule has 0 fully saturated rings. The van der Waals surface area contributed by atoms with E-state index >= 15 is 0 Å². The third-order valence-corrected chi connectivity index (χ3v) is 5.21. The van der Waals surface area contributed by atoms with Crippen LogP contribution in [-0.2, 0) is 14.6 Å². The molecule has 17 heavy (non-hydrogen) atoms. The number of aliphatic carboxylic acids is 1. The summed E-state index contributed by atoms with van der Waals surface area (Å²) in [7, 11) is -3.20. The van der Waals surface area contributed by atoms with Gasteiger partial charge in [0, 0.05) is 6.54 Å². The highest BCUT2D eigenvalue weighted by molar-refractivity contribution is 7.92. The van der Waals surface area contributed by atoms with Gasteiger partial charge in [-0.2, -0.15) is 0 Å². The number of rotatable bonds is 6. The summed E-state index contributed by atoms with van der Waals surface area (Å²) in [6.45, 7) is 8.64. The van der Waals surface area contributed by atoms with Crippen LogP contribution in [0.1, 0.15) is 34.6 Å². The molecule has 0 saturated carbocycles. The van der Waals surface area contributed by atoms with Crippen molar-refractivity contribution in [2.45, 2.75) is 45.4 Å². The van der Waals surface area contributed by atoms with Crippen LogP contribution in [0.15, 0.2) is 0 Å². The van der Waals surface area contributed by atoms with Gasteiger partial charge in [-0.15, -0.1) is 0 Å². The largest absolute Gasteiger partial charge is 0.480 e. The topological polar surface area (TPSA) is 83.5 Å². The van der Waals surface area contributed by atoms with Crippen molar-refractivity contribution in [1.29, 1.82) is 0 Å². The summed E-state index contributed by atoms with van der Waals surface area (Å²) >= 11 is 0. The third-order valence-electron chi connectivity index (χ3n) is 2.60. The fourth-order valence-electron chi connectivity index (χ4n) is 1.26. The molecule has 0 rings (SSSR count). The molecule has 5 nitrogen and oxygen atoms in total. The number of nitrogens with one attached hydrogen (secondary N) is 1.